The molecular weight excluding hydrogens is 137 g/mol. The fourth-order valence-electron chi connectivity index (χ4n) is 0.705. The predicted octanol–water partition coefficient (Wildman–Crippen LogP) is -0.526. The molecule has 0 fully saturated rings. The van der Waals surface area contributed by atoms with Crippen LogP contribution in [0, 0.1) is 0 Å². The van der Waals surface area contributed by atoms with E-state index < -0.39 is 6.67 Å². The molecule has 56 valence electrons. The Labute approximate surface area is 57.3 Å². The van der Waals surface area contributed by atoms with E-state index in [2.05, 4.69) is 4.98 Å². The van der Waals surface area contributed by atoms with Crippen molar-refractivity contribution in [1.29, 1.82) is 0 Å². The van der Waals surface area contributed by atoms with Crippen LogP contribution in [0.25, 0.3) is 0 Å². The molecule has 5 heteroatoms. The molecule has 0 spiro atoms. The molecule has 0 unspecified atom stereocenters. The SMILES string of the molecule is Cn1c(CF)cnc1[NH2+]O. The summed E-state index contributed by atoms with van der Waals surface area (Å²) in [5.74, 6) is 0.368. The highest BCUT2D eigenvalue weighted by molar-refractivity contribution is 5.11. The number of nitrogens with zero attached hydrogens (tertiary/aromatic N) is 2. The van der Waals surface area contributed by atoms with Crippen molar-refractivity contribution < 1.29 is 15.1 Å². The van der Waals surface area contributed by atoms with Gasteiger partial charge in [-0.3, -0.25) is 4.57 Å². The molecule has 10 heavy (non-hydrogen) atoms. The van der Waals surface area contributed by atoms with Gasteiger partial charge in [0.25, 0.3) is 0 Å². The summed E-state index contributed by atoms with van der Waals surface area (Å²) in [4.78, 5) is 3.72. The Morgan fingerprint density at radius 2 is 2.60 bits per heavy atom. The lowest BCUT2D eigenvalue weighted by Gasteiger charge is -1.94. The third-order valence-electron chi connectivity index (χ3n) is 1.37. The largest absolute Gasteiger partial charge is 0.338 e. The number of nitrogens with two attached hydrogens (primary N) is 1. The zero-order valence-corrected chi connectivity index (χ0v) is 5.58. The van der Waals surface area contributed by atoms with Gasteiger partial charge in [-0.25, -0.2) is 9.60 Å². The maximum absolute atomic E-state index is 12.0. The molecular formula is C5H9FN3O+. The minimum atomic E-state index is -0.558. The molecule has 1 heterocycles. The van der Waals surface area contributed by atoms with E-state index in [1.165, 1.54) is 10.8 Å². The molecule has 1 aromatic heterocycles. The molecule has 0 aliphatic carbocycles. The minimum Gasteiger partial charge on any atom is -0.281 e. The maximum atomic E-state index is 12.0. The molecule has 0 aromatic carbocycles. The normalized spacial score (nSPS) is 10.3. The highest BCUT2D eigenvalue weighted by atomic mass is 19.1. The average molecular weight is 146 g/mol. The van der Waals surface area contributed by atoms with Gasteiger partial charge in [-0.2, -0.15) is 4.98 Å². The highest BCUT2D eigenvalue weighted by Gasteiger charge is 2.07. The van der Waals surface area contributed by atoms with Gasteiger partial charge in [-0.15, -0.1) is 5.48 Å². The summed E-state index contributed by atoms with van der Waals surface area (Å²) in [6, 6.07) is 0. The van der Waals surface area contributed by atoms with Gasteiger partial charge in [0, 0.05) is 7.05 Å². The molecule has 1 aromatic rings. The van der Waals surface area contributed by atoms with E-state index in [9.17, 15) is 4.39 Å². The Balaban J connectivity index is 2.97. The van der Waals surface area contributed by atoms with Gasteiger partial charge >= 0.3 is 5.95 Å². The third-order valence-corrected chi connectivity index (χ3v) is 1.37. The second-order valence-corrected chi connectivity index (χ2v) is 1.93. The van der Waals surface area contributed by atoms with Gasteiger partial charge in [0.1, 0.15) is 6.67 Å². The van der Waals surface area contributed by atoms with Crippen LogP contribution in [0.15, 0.2) is 6.20 Å². The van der Waals surface area contributed by atoms with Gasteiger partial charge in [-0.05, 0) is 0 Å². The van der Waals surface area contributed by atoms with Gasteiger partial charge < -0.3 is 0 Å². The number of halogens is 1. The summed E-state index contributed by atoms with van der Waals surface area (Å²) in [6.45, 7) is -0.558. The van der Waals surface area contributed by atoms with E-state index in [0.29, 0.717) is 11.6 Å². The van der Waals surface area contributed by atoms with Crippen LogP contribution in [0.1, 0.15) is 5.69 Å². The lowest BCUT2D eigenvalue weighted by atomic mass is 10.5. The van der Waals surface area contributed by atoms with E-state index in [1.54, 1.807) is 7.05 Å². The molecule has 0 aliphatic rings. The number of rotatable bonds is 2. The van der Waals surface area contributed by atoms with Crippen LogP contribution >= 0.6 is 0 Å². The monoisotopic (exact) mass is 146 g/mol. The lowest BCUT2D eigenvalue weighted by molar-refractivity contribution is -0.831. The van der Waals surface area contributed by atoms with E-state index >= 15 is 0 Å². The fourth-order valence-corrected chi connectivity index (χ4v) is 0.705. The zero-order chi connectivity index (χ0) is 7.56. The van der Waals surface area contributed by atoms with Gasteiger partial charge in [0.2, 0.25) is 0 Å². The highest BCUT2D eigenvalue weighted by Crippen LogP contribution is 2.03. The van der Waals surface area contributed by atoms with Gasteiger partial charge in [-0.1, -0.05) is 0 Å². The topological polar surface area (TPSA) is 54.7 Å². The molecule has 1 rings (SSSR count). The van der Waals surface area contributed by atoms with Crippen LogP contribution in [-0.4, -0.2) is 14.8 Å². The molecule has 0 saturated heterocycles. The number of quaternary nitrogens is 1. The Hall–Kier alpha value is -0.940. The van der Waals surface area contributed by atoms with Crippen LogP contribution in [0.5, 0.6) is 0 Å². The average Bonchev–Trinajstić information content (AvgIpc) is 2.30. The summed E-state index contributed by atoms with van der Waals surface area (Å²) >= 11 is 0. The number of hydrogen-bond donors (Lipinski definition) is 2. The Kier molecular flexibility index (Phi) is 1.98. The molecule has 3 N–H and O–H groups in total. The molecule has 0 bridgehead atoms. The maximum Gasteiger partial charge on any atom is 0.338 e. The first-order valence-corrected chi connectivity index (χ1v) is 2.83. The Morgan fingerprint density at radius 3 is 2.90 bits per heavy atom. The number of hydrogen-bond acceptors (Lipinski definition) is 2. The van der Waals surface area contributed by atoms with Crippen molar-refractivity contribution in [2.45, 2.75) is 6.67 Å². The second kappa shape index (κ2) is 2.76. The number of alkyl halides is 1. The first kappa shape index (κ1) is 7.17. The van der Waals surface area contributed by atoms with Gasteiger partial charge in [0.05, 0.1) is 11.9 Å². The summed E-state index contributed by atoms with van der Waals surface area (Å²) < 4.78 is 13.5. The third kappa shape index (κ3) is 1.01. The van der Waals surface area contributed by atoms with Crippen molar-refractivity contribution >= 4 is 5.95 Å². The van der Waals surface area contributed by atoms with Gasteiger partial charge in [0.15, 0.2) is 0 Å². The van der Waals surface area contributed by atoms with Crippen molar-refractivity contribution in [2.75, 3.05) is 0 Å². The van der Waals surface area contributed by atoms with E-state index in [1.807, 2.05) is 0 Å². The zero-order valence-electron chi connectivity index (χ0n) is 5.58. The lowest BCUT2D eigenvalue weighted by Crippen LogP contribution is -2.75. The standard InChI is InChI=1S/C5H8FN3O/c1-9-4(2-6)3-7-5(9)8-10/h3,10H,2H2,1H3,(H,7,8)/p+1. The van der Waals surface area contributed by atoms with Crippen LogP contribution in [0.3, 0.4) is 0 Å². The van der Waals surface area contributed by atoms with Crippen LogP contribution in [0.4, 0.5) is 10.3 Å². The molecule has 0 amide bonds. The van der Waals surface area contributed by atoms with Crippen molar-refractivity contribution in [2.24, 2.45) is 7.05 Å². The Bertz CT molecular complexity index is 201. The molecule has 4 nitrogen and oxygen atoms in total. The number of aromatic nitrogens is 2. The molecule has 0 saturated carbocycles. The summed E-state index contributed by atoms with van der Waals surface area (Å²) in [5, 5.41) is 8.50. The summed E-state index contributed by atoms with van der Waals surface area (Å²) in [5.41, 5.74) is 1.31. The van der Waals surface area contributed by atoms with Crippen molar-refractivity contribution in [3.63, 3.8) is 0 Å². The summed E-state index contributed by atoms with van der Waals surface area (Å²) in [7, 11) is 1.64. The number of imidazole rings is 1. The second-order valence-electron chi connectivity index (χ2n) is 1.93. The molecule has 0 radical (unpaired) electrons. The van der Waals surface area contributed by atoms with Crippen LogP contribution in [0.2, 0.25) is 0 Å². The first-order valence-electron chi connectivity index (χ1n) is 2.83. The molecule has 0 atom stereocenters. The van der Waals surface area contributed by atoms with Crippen molar-refractivity contribution in [3.05, 3.63) is 11.9 Å². The van der Waals surface area contributed by atoms with Crippen molar-refractivity contribution in [1.82, 2.24) is 9.55 Å². The quantitative estimate of drug-likeness (QED) is 0.551. The first-order chi connectivity index (χ1) is 4.79. The smallest absolute Gasteiger partial charge is 0.281 e. The Morgan fingerprint density at radius 1 is 1.90 bits per heavy atom. The van der Waals surface area contributed by atoms with E-state index in [-0.39, 0.29) is 0 Å². The van der Waals surface area contributed by atoms with E-state index in [4.69, 9.17) is 5.21 Å². The molecule has 0 aliphatic heterocycles. The fraction of sp³-hybridized carbons (Fsp3) is 0.400. The summed E-state index contributed by atoms with van der Waals surface area (Å²) in [6.07, 6.45) is 1.39. The van der Waals surface area contributed by atoms with Crippen LogP contribution < -0.4 is 5.48 Å². The van der Waals surface area contributed by atoms with Crippen molar-refractivity contribution in [3.8, 4) is 0 Å². The van der Waals surface area contributed by atoms with E-state index in [0.717, 1.165) is 5.48 Å². The predicted molar refractivity (Wildman–Crippen MR) is 31.4 cm³/mol. The minimum absolute atomic E-state index is 0.368. The van der Waals surface area contributed by atoms with Crippen LogP contribution in [-0.2, 0) is 13.7 Å².